The Hall–Kier alpha value is 0.887. The molecule has 0 rings (SSSR count). The van der Waals surface area contributed by atoms with Crippen molar-refractivity contribution in [3.8, 4) is 0 Å². The second kappa shape index (κ2) is 8.24. The third-order valence-electron chi connectivity index (χ3n) is 0.500. The maximum atomic E-state index is 9.20. The largest absolute Gasteiger partial charge is 2.00 e. The van der Waals surface area contributed by atoms with Crippen molar-refractivity contribution in [2.45, 2.75) is 0 Å². The molecule has 0 N–H and O–H groups in total. The summed E-state index contributed by atoms with van der Waals surface area (Å²) in [6.45, 7) is 0. The number of rotatable bonds is 2. The summed E-state index contributed by atoms with van der Waals surface area (Å²) in [6.07, 6.45) is 0. The Balaban J connectivity index is -0.0000000980. The second-order valence-corrected chi connectivity index (χ2v) is 9.80. The summed E-state index contributed by atoms with van der Waals surface area (Å²) in [5.74, 6) is 0. The summed E-state index contributed by atoms with van der Waals surface area (Å²) in [4.78, 5) is 0. The van der Waals surface area contributed by atoms with Crippen molar-refractivity contribution in [2.24, 2.45) is 0 Å². The van der Waals surface area contributed by atoms with Crippen LogP contribution in [0.1, 0.15) is 0 Å². The summed E-state index contributed by atoms with van der Waals surface area (Å²) in [7, 11) is -22.7. The zero-order chi connectivity index (χ0) is 14.0. The molecular weight excluding hydrogens is 451 g/mol. The van der Waals surface area contributed by atoms with E-state index in [0.717, 1.165) is 0 Å². The molecule has 18 heteroatoms. The topological polar surface area (TPSA) is 229 Å². The van der Waals surface area contributed by atoms with Crippen LogP contribution in [0.15, 0.2) is 0 Å². The average Bonchev–Trinajstić information content (AvgIpc) is 1.77. The van der Waals surface area contributed by atoms with Crippen LogP contribution in [0.2, 0.25) is 0 Å². The van der Waals surface area contributed by atoms with Crippen LogP contribution in [0.3, 0.4) is 0 Å². The normalized spacial score (nSPS) is 12.2. The van der Waals surface area contributed by atoms with Crippen molar-refractivity contribution in [3.63, 3.8) is 0 Å². The van der Waals surface area contributed by atoms with E-state index in [1.54, 1.807) is 0 Å². The van der Waals surface area contributed by atoms with Crippen molar-refractivity contribution >= 4 is 36.6 Å². The van der Waals surface area contributed by atoms with Gasteiger partial charge in [0, 0.05) is 0 Å². The summed E-state index contributed by atoms with van der Waals surface area (Å²) in [5.41, 5.74) is 0. The van der Waals surface area contributed by atoms with Gasteiger partial charge in [0.2, 0.25) is 0 Å². The second-order valence-electron chi connectivity index (χ2n) is 1.63. The minimum absolute atomic E-state index is 0. The van der Waals surface area contributed by atoms with Crippen LogP contribution >= 0.6 is 0 Å². The van der Waals surface area contributed by atoms with E-state index >= 15 is 0 Å². The van der Waals surface area contributed by atoms with Crippen LogP contribution in [0, 0.1) is 0 Å². The molecule has 0 saturated carbocycles. The van der Waals surface area contributed by atoms with Gasteiger partial charge in [-0.05, 0) is 0 Å². The molecule has 0 amide bonds. The quantitative estimate of drug-likeness (QED) is 0.222. The Bertz CT molecular complexity index is 507. The van der Waals surface area contributed by atoms with Gasteiger partial charge in [0.25, 0.3) is 0 Å². The van der Waals surface area contributed by atoms with E-state index in [0.29, 0.717) is 0 Å². The molecule has 0 saturated heterocycles. The third-order valence-corrected chi connectivity index (χ3v) is 4.50. The molecule has 0 aliphatic heterocycles. The molecule has 0 aliphatic carbocycles. The fourth-order valence-corrected chi connectivity index (χ4v) is 0. The van der Waals surface area contributed by atoms with E-state index < -0.39 is 36.6 Å². The first kappa shape index (κ1) is 27.3. The van der Waals surface area contributed by atoms with Crippen LogP contribution in [-0.2, 0) is 75.6 Å². The molecule has 0 aromatic heterocycles. The zero-order valence-corrected chi connectivity index (χ0v) is 17.1. The molecule has 0 unspecified atom stereocenters. The molecule has 0 aromatic carbocycles. The Morgan fingerprint density at radius 3 is 0.444 bits per heavy atom. The van der Waals surface area contributed by atoms with Crippen molar-refractivity contribution in [2.75, 3.05) is 0 Å². The predicted molar refractivity (Wildman–Crippen MR) is 38.8 cm³/mol. The van der Waals surface area contributed by atoms with Crippen LogP contribution < -0.4 is 0 Å². The molecule has 0 fully saturated rings. The summed E-state index contributed by atoms with van der Waals surface area (Å²) < 4.78 is 110. The molecular formula is O12S4Zn2. The third kappa shape index (κ3) is 11.9. The van der Waals surface area contributed by atoms with E-state index in [-0.39, 0.29) is 39.0 Å². The Labute approximate surface area is 126 Å². The maximum Gasteiger partial charge on any atom is 2.00 e. The Morgan fingerprint density at radius 1 is 0.389 bits per heavy atom. The van der Waals surface area contributed by atoms with Gasteiger partial charge in [0.1, 0.15) is 0 Å². The van der Waals surface area contributed by atoms with Gasteiger partial charge in [-0.2, -0.15) is 0 Å². The van der Waals surface area contributed by atoms with Gasteiger partial charge >= 0.3 is 39.0 Å². The van der Waals surface area contributed by atoms with Crippen molar-refractivity contribution < 1.29 is 90.8 Å². The van der Waals surface area contributed by atoms with Crippen LogP contribution in [0.5, 0.6) is 0 Å². The van der Waals surface area contributed by atoms with Gasteiger partial charge in [-0.1, -0.05) is 0 Å². The minimum atomic E-state index is -5.67. The van der Waals surface area contributed by atoms with Gasteiger partial charge in [-0.15, -0.1) is 0 Å². The summed E-state index contributed by atoms with van der Waals surface area (Å²) >= 11 is 0. The van der Waals surface area contributed by atoms with E-state index in [1.807, 2.05) is 0 Å². The Morgan fingerprint density at radius 2 is 0.444 bits per heavy atom. The summed E-state index contributed by atoms with van der Waals surface area (Å²) in [5, 5.41) is 0. The molecule has 0 aliphatic rings. The van der Waals surface area contributed by atoms with Gasteiger partial charge in [0.15, 0.2) is 36.6 Å². The molecule has 12 nitrogen and oxygen atoms in total. The smallest absolute Gasteiger partial charge is 0.736 e. The average molecular weight is 451 g/mol. The number of hydrogen-bond acceptors (Lipinski definition) is 12. The SMILES string of the molecule is O=S(=O)([O-])S(=O)(=O)[O-].O=S(=O)([O-])S(=O)(=O)[O-].[Zn+2].[Zn+2]. The van der Waals surface area contributed by atoms with Crippen molar-refractivity contribution in [1.82, 2.24) is 0 Å². The van der Waals surface area contributed by atoms with E-state index in [2.05, 4.69) is 0 Å². The molecule has 18 heavy (non-hydrogen) atoms. The Kier molecular flexibility index (Phi) is 12.5. The van der Waals surface area contributed by atoms with Crippen molar-refractivity contribution in [3.05, 3.63) is 0 Å². The van der Waals surface area contributed by atoms with Gasteiger partial charge in [-0.3, -0.25) is 0 Å². The van der Waals surface area contributed by atoms with Crippen LogP contribution in [-0.4, -0.2) is 51.9 Å². The van der Waals surface area contributed by atoms with E-state index in [4.69, 9.17) is 0 Å². The fourth-order valence-electron chi connectivity index (χ4n) is 0. The molecule has 0 spiro atoms. The predicted octanol–water partition coefficient (Wildman–Crippen LogP) is -4.02. The first-order valence-electron chi connectivity index (χ1n) is 2.33. The molecule has 0 radical (unpaired) electrons. The molecule has 0 atom stereocenters. The minimum Gasteiger partial charge on any atom is -0.736 e. The number of hydrogen-bond donors (Lipinski definition) is 0. The van der Waals surface area contributed by atoms with Crippen molar-refractivity contribution in [1.29, 1.82) is 0 Å². The first-order valence-corrected chi connectivity index (χ1v) is 9.00. The van der Waals surface area contributed by atoms with Gasteiger partial charge in [0.05, 0.1) is 0 Å². The molecule has 100 valence electrons. The zero-order valence-electron chi connectivity index (χ0n) is 7.95. The van der Waals surface area contributed by atoms with E-state index in [9.17, 15) is 51.9 Å². The van der Waals surface area contributed by atoms with E-state index in [1.165, 1.54) is 0 Å². The van der Waals surface area contributed by atoms with Gasteiger partial charge < -0.3 is 18.2 Å². The van der Waals surface area contributed by atoms with Gasteiger partial charge in [-0.25, -0.2) is 33.7 Å². The maximum absolute atomic E-state index is 9.20. The van der Waals surface area contributed by atoms with Crippen LogP contribution in [0.4, 0.5) is 0 Å². The molecule has 0 bridgehead atoms. The fraction of sp³-hybridized carbons (Fsp3) is 0. The van der Waals surface area contributed by atoms with Crippen LogP contribution in [0.25, 0.3) is 0 Å². The standard InChI is InChI=1S/2H2O6S2.2Zn/c2*1-7(2,3)8(4,5)6;;/h2*(H,1,2,3)(H,4,5,6);;/q;;2*+2/p-4. The summed E-state index contributed by atoms with van der Waals surface area (Å²) in [6, 6.07) is 0. The monoisotopic (exact) mass is 448 g/mol. The first-order chi connectivity index (χ1) is 6.50. The molecule has 0 heterocycles. The molecule has 0 aromatic rings.